The molecule has 130 valence electrons. The fourth-order valence-corrected chi connectivity index (χ4v) is 3.64. The van der Waals surface area contributed by atoms with Crippen molar-refractivity contribution in [2.45, 2.75) is 18.8 Å². The van der Waals surface area contributed by atoms with Gasteiger partial charge in [0.2, 0.25) is 0 Å². The second-order valence-corrected chi connectivity index (χ2v) is 6.72. The number of nitrogens with zero attached hydrogens (tertiary/aromatic N) is 2. The normalized spacial score (nSPS) is 21.2. The topological polar surface area (TPSA) is 52.1 Å². The molecule has 0 amide bonds. The molecule has 0 N–H and O–H groups in total. The number of carbonyl (C=O) groups is 1. The minimum Gasteiger partial charge on any atom is -0.469 e. The molecule has 26 heavy (non-hydrogen) atoms. The van der Waals surface area contributed by atoms with Crippen molar-refractivity contribution in [3.63, 3.8) is 0 Å². The van der Waals surface area contributed by atoms with Gasteiger partial charge in [0, 0.05) is 29.8 Å². The fraction of sp³-hybridized carbons (Fsp3) is 0.227. The van der Waals surface area contributed by atoms with Gasteiger partial charge in [0.15, 0.2) is 5.82 Å². The van der Waals surface area contributed by atoms with Gasteiger partial charge in [-0.15, -0.1) is 0 Å². The van der Waals surface area contributed by atoms with Crippen molar-refractivity contribution in [3.05, 3.63) is 83.7 Å². The average Bonchev–Trinajstić information content (AvgIpc) is 3.44. The molecule has 0 bridgehead atoms. The molecular formula is C22H20N2O2. The van der Waals surface area contributed by atoms with E-state index in [-0.39, 0.29) is 23.7 Å². The quantitative estimate of drug-likeness (QED) is 0.668. The van der Waals surface area contributed by atoms with E-state index in [0.717, 1.165) is 16.7 Å². The number of carbonyl (C=O) groups excluding carboxylic acids is 1. The molecule has 1 aliphatic rings. The Morgan fingerprint density at radius 1 is 0.885 bits per heavy atom. The minimum atomic E-state index is -0.144. The van der Waals surface area contributed by atoms with Crippen LogP contribution in [0.1, 0.15) is 28.5 Å². The molecule has 0 spiro atoms. The van der Waals surface area contributed by atoms with Crippen molar-refractivity contribution < 1.29 is 9.53 Å². The molecule has 3 aromatic rings. The van der Waals surface area contributed by atoms with E-state index in [0.29, 0.717) is 5.82 Å². The Kier molecular flexibility index (Phi) is 4.25. The van der Waals surface area contributed by atoms with E-state index in [1.54, 1.807) is 0 Å². The van der Waals surface area contributed by atoms with Crippen LogP contribution in [0.4, 0.5) is 0 Å². The summed E-state index contributed by atoms with van der Waals surface area (Å²) in [5.74, 6) is 0.767. The molecular weight excluding hydrogens is 324 g/mol. The molecule has 4 nitrogen and oxygen atoms in total. The Morgan fingerprint density at radius 3 is 2.04 bits per heavy atom. The van der Waals surface area contributed by atoms with E-state index >= 15 is 0 Å². The van der Waals surface area contributed by atoms with E-state index in [1.165, 1.54) is 12.7 Å². The second-order valence-electron chi connectivity index (χ2n) is 6.72. The smallest absolute Gasteiger partial charge is 0.309 e. The van der Waals surface area contributed by atoms with E-state index in [9.17, 15) is 4.79 Å². The summed E-state index contributed by atoms with van der Waals surface area (Å²) in [6.07, 6.45) is 3.63. The predicted molar refractivity (Wildman–Crippen MR) is 99.6 cm³/mol. The first-order valence-corrected chi connectivity index (χ1v) is 8.71. The summed E-state index contributed by atoms with van der Waals surface area (Å²) >= 11 is 0. The van der Waals surface area contributed by atoms with Crippen molar-refractivity contribution in [2.24, 2.45) is 5.92 Å². The van der Waals surface area contributed by atoms with Gasteiger partial charge in [0.05, 0.1) is 13.0 Å². The number of methoxy groups -OCH3 is 1. The monoisotopic (exact) mass is 344 g/mol. The Morgan fingerprint density at radius 2 is 1.46 bits per heavy atom. The van der Waals surface area contributed by atoms with Gasteiger partial charge < -0.3 is 4.74 Å². The lowest BCUT2D eigenvalue weighted by atomic mass is 10.0. The molecule has 1 aromatic heterocycles. The summed E-state index contributed by atoms with van der Waals surface area (Å²) in [7, 11) is 1.46. The van der Waals surface area contributed by atoms with Gasteiger partial charge in [-0.2, -0.15) is 0 Å². The van der Waals surface area contributed by atoms with Crippen LogP contribution in [-0.2, 0) is 9.53 Å². The van der Waals surface area contributed by atoms with Crippen LogP contribution in [0.3, 0.4) is 0 Å². The van der Waals surface area contributed by atoms with Gasteiger partial charge in [0.1, 0.15) is 0 Å². The first-order chi connectivity index (χ1) is 12.7. The number of hydrogen-bond acceptors (Lipinski definition) is 4. The molecule has 1 saturated carbocycles. The zero-order chi connectivity index (χ0) is 18.1. The second kappa shape index (κ2) is 6.71. The van der Waals surface area contributed by atoms with Crippen molar-refractivity contribution in [2.75, 3.05) is 7.11 Å². The molecule has 0 aliphatic heterocycles. The highest BCUT2D eigenvalue weighted by Crippen LogP contribution is 2.60. The van der Waals surface area contributed by atoms with Gasteiger partial charge in [-0.1, -0.05) is 54.6 Å². The van der Waals surface area contributed by atoms with Gasteiger partial charge in [-0.25, -0.2) is 9.97 Å². The predicted octanol–water partition coefficient (Wildman–Crippen LogP) is 4.12. The van der Waals surface area contributed by atoms with Gasteiger partial charge in [0.25, 0.3) is 0 Å². The van der Waals surface area contributed by atoms with Crippen LogP contribution in [0.15, 0.2) is 67.0 Å². The van der Waals surface area contributed by atoms with Crippen molar-refractivity contribution >= 4 is 5.97 Å². The summed E-state index contributed by atoms with van der Waals surface area (Å²) < 4.78 is 5.02. The molecule has 1 fully saturated rings. The first kappa shape index (κ1) is 16.5. The van der Waals surface area contributed by atoms with Crippen LogP contribution in [0.2, 0.25) is 0 Å². The van der Waals surface area contributed by atoms with Crippen LogP contribution in [0, 0.1) is 12.8 Å². The van der Waals surface area contributed by atoms with Gasteiger partial charge >= 0.3 is 5.97 Å². The molecule has 2 aromatic carbocycles. The Labute approximate surface area is 152 Å². The SMILES string of the molecule is COC(=O)[C@@H]1[C@H](c2ccccc2)[C@H]1c1ccc(-c2ncc(C)cn2)cc1. The number of esters is 1. The number of aromatic nitrogens is 2. The van der Waals surface area contributed by atoms with Crippen LogP contribution in [0.5, 0.6) is 0 Å². The van der Waals surface area contributed by atoms with E-state index in [4.69, 9.17) is 4.74 Å². The lowest BCUT2D eigenvalue weighted by Gasteiger charge is -2.04. The van der Waals surface area contributed by atoms with Crippen molar-refractivity contribution in [1.82, 2.24) is 9.97 Å². The number of ether oxygens (including phenoxy) is 1. The van der Waals surface area contributed by atoms with Crippen LogP contribution in [0.25, 0.3) is 11.4 Å². The van der Waals surface area contributed by atoms with Crippen LogP contribution >= 0.6 is 0 Å². The molecule has 0 saturated heterocycles. The third kappa shape index (κ3) is 2.99. The molecule has 4 heteroatoms. The highest BCUT2D eigenvalue weighted by atomic mass is 16.5. The van der Waals surface area contributed by atoms with Crippen LogP contribution < -0.4 is 0 Å². The molecule has 1 heterocycles. The Bertz CT molecular complexity index is 905. The third-order valence-corrected chi connectivity index (χ3v) is 5.01. The summed E-state index contributed by atoms with van der Waals surface area (Å²) in [4.78, 5) is 21.0. The third-order valence-electron chi connectivity index (χ3n) is 5.01. The van der Waals surface area contributed by atoms with Gasteiger partial charge in [-0.05, 0) is 23.6 Å². The highest BCUT2D eigenvalue weighted by molar-refractivity contribution is 5.80. The summed E-state index contributed by atoms with van der Waals surface area (Å²) in [6.45, 7) is 1.97. The largest absolute Gasteiger partial charge is 0.469 e. The maximum Gasteiger partial charge on any atom is 0.309 e. The zero-order valence-corrected chi connectivity index (χ0v) is 14.8. The maximum absolute atomic E-state index is 12.2. The lowest BCUT2D eigenvalue weighted by molar-refractivity contribution is -0.142. The molecule has 1 aliphatic carbocycles. The first-order valence-electron chi connectivity index (χ1n) is 8.71. The highest BCUT2D eigenvalue weighted by Gasteiger charge is 2.56. The zero-order valence-electron chi connectivity index (χ0n) is 14.8. The van der Waals surface area contributed by atoms with Crippen molar-refractivity contribution in [3.8, 4) is 11.4 Å². The van der Waals surface area contributed by atoms with Crippen LogP contribution in [-0.4, -0.2) is 23.0 Å². The maximum atomic E-state index is 12.2. The lowest BCUT2D eigenvalue weighted by Crippen LogP contribution is -2.05. The van der Waals surface area contributed by atoms with E-state index < -0.39 is 0 Å². The fourth-order valence-electron chi connectivity index (χ4n) is 3.64. The van der Waals surface area contributed by atoms with Gasteiger partial charge in [-0.3, -0.25) is 4.79 Å². The minimum absolute atomic E-state index is 0.121. The molecule has 0 unspecified atom stereocenters. The Balaban J connectivity index is 1.61. The number of rotatable bonds is 4. The van der Waals surface area contributed by atoms with E-state index in [2.05, 4.69) is 34.2 Å². The average molecular weight is 344 g/mol. The molecule has 3 atom stereocenters. The number of benzene rings is 2. The molecule has 4 rings (SSSR count). The summed E-state index contributed by atoms with van der Waals surface area (Å²) in [5, 5.41) is 0. The summed E-state index contributed by atoms with van der Waals surface area (Å²) in [5.41, 5.74) is 4.33. The number of aryl methyl sites for hydroxylation is 1. The number of hydrogen-bond donors (Lipinski definition) is 0. The Hall–Kier alpha value is -3.01. The standard InChI is InChI=1S/C22H20N2O2/c1-14-12-23-21(24-13-14)17-10-8-16(9-11-17)19-18(20(19)22(25)26-2)15-6-4-3-5-7-15/h3-13,18-20H,1-2H3/t18-,19-,20-/m1/s1. The molecule has 0 radical (unpaired) electrons. The van der Waals surface area contributed by atoms with E-state index in [1.807, 2.05) is 49.6 Å². The van der Waals surface area contributed by atoms with Crippen molar-refractivity contribution in [1.29, 1.82) is 0 Å². The summed E-state index contributed by atoms with van der Waals surface area (Å²) in [6, 6.07) is 18.4.